The number of H-pyrrole nitrogens is 1. The first-order chi connectivity index (χ1) is 7.18. The number of nitrogens with two attached hydrogens (primary N) is 1. The van der Waals surface area contributed by atoms with Crippen LogP contribution in [-0.2, 0) is 11.2 Å². The molecule has 1 aromatic heterocycles. The van der Waals surface area contributed by atoms with Gasteiger partial charge < -0.3 is 15.8 Å². The van der Waals surface area contributed by atoms with Crippen LogP contribution in [0.2, 0.25) is 0 Å². The molecule has 4 heteroatoms. The van der Waals surface area contributed by atoms with Gasteiger partial charge in [0.25, 0.3) is 0 Å². The Hall–Kier alpha value is -1.81. The third-order valence-corrected chi connectivity index (χ3v) is 2.25. The average Bonchev–Trinajstić information content (AvgIpc) is 2.62. The molecule has 76 valence electrons. The number of carboxylic acids is 1. The van der Waals surface area contributed by atoms with Crippen molar-refractivity contribution in [2.45, 2.75) is 12.5 Å². The van der Waals surface area contributed by atoms with E-state index < -0.39 is 12.0 Å². The maximum Gasteiger partial charge on any atom is 0.320 e. The van der Waals surface area contributed by atoms with E-state index in [1.807, 2.05) is 12.1 Å². The molecule has 0 amide bonds. The number of fused-ring (bicyclic) bond motifs is 1. The predicted molar refractivity (Wildman–Crippen MR) is 55.3 cm³/mol. The van der Waals surface area contributed by atoms with Crippen molar-refractivity contribution in [2.24, 2.45) is 5.73 Å². The highest BCUT2D eigenvalue weighted by Crippen LogP contribution is 2.17. The minimum Gasteiger partial charge on any atom is -0.480 e. The Morgan fingerprint density at radius 2 is 2.47 bits per heavy atom. The summed E-state index contributed by atoms with van der Waals surface area (Å²) in [5, 5.41) is 9.55. The number of aromatic nitrogens is 1. The molecule has 0 aliphatic rings. The van der Waals surface area contributed by atoms with Crippen LogP contribution in [0.1, 0.15) is 5.56 Å². The number of nitrogens with one attached hydrogen (secondary N) is 1. The third kappa shape index (κ3) is 1.85. The highest BCUT2D eigenvalue weighted by molar-refractivity contribution is 5.83. The molecule has 0 fully saturated rings. The van der Waals surface area contributed by atoms with Crippen LogP contribution in [0.3, 0.4) is 0 Å². The summed E-state index contributed by atoms with van der Waals surface area (Å²) >= 11 is 0. The van der Waals surface area contributed by atoms with Crippen LogP contribution in [-0.4, -0.2) is 22.1 Å². The smallest absolute Gasteiger partial charge is 0.320 e. The summed E-state index contributed by atoms with van der Waals surface area (Å²) in [5.41, 5.74) is 7.11. The van der Waals surface area contributed by atoms with Gasteiger partial charge >= 0.3 is 5.97 Å². The molecular formula is C11H10N2O2. The maximum absolute atomic E-state index is 10.6. The van der Waals surface area contributed by atoms with Crippen LogP contribution in [0.25, 0.3) is 10.9 Å². The fourth-order valence-electron chi connectivity index (χ4n) is 1.46. The van der Waals surface area contributed by atoms with Gasteiger partial charge in [0.1, 0.15) is 6.04 Å². The fourth-order valence-corrected chi connectivity index (χ4v) is 1.46. The van der Waals surface area contributed by atoms with E-state index in [1.54, 1.807) is 6.07 Å². The summed E-state index contributed by atoms with van der Waals surface area (Å²) in [4.78, 5) is 13.5. The van der Waals surface area contributed by atoms with E-state index in [-0.39, 0.29) is 6.42 Å². The van der Waals surface area contributed by atoms with Gasteiger partial charge in [-0.25, -0.2) is 0 Å². The number of rotatable bonds is 3. The van der Waals surface area contributed by atoms with E-state index >= 15 is 0 Å². The highest BCUT2D eigenvalue weighted by Gasteiger charge is 2.14. The van der Waals surface area contributed by atoms with Crippen molar-refractivity contribution in [1.29, 1.82) is 0 Å². The second kappa shape index (κ2) is 3.74. The van der Waals surface area contributed by atoms with Gasteiger partial charge in [0.2, 0.25) is 0 Å². The summed E-state index contributed by atoms with van der Waals surface area (Å²) in [6, 6.07) is 7.66. The Labute approximate surface area is 86.7 Å². The second-order valence-electron chi connectivity index (χ2n) is 3.34. The molecule has 0 saturated heterocycles. The van der Waals surface area contributed by atoms with E-state index in [0.29, 0.717) is 0 Å². The standard InChI is InChI=1S/C11H10N2O2/c12-9(11(14)15)5-7-6-13-10-4-2-1-3-8(7)10/h1-2,4,9,13H,5,12H2,(H,14,15). The van der Waals surface area contributed by atoms with Gasteiger partial charge in [-0.2, -0.15) is 0 Å². The number of hydrogen-bond acceptors (Lipinski definition) is 2. The third-order valence-electron chi connectivity index (χ3n) is 2.25. The SMILES string of the molecule is NC(Cc1[c][nH]c2ccc[c]c12)C(=O)O. The molecule has 1 unspecified atom stereocenters. The van der Waals surface area contributed by atoms with Crippen molar-refractivity contribution in [3.05, 3.63) is 36.0 Å². The van der Waals surface area contributed by atoms with Crippen LogP contribution in [0.5, 0.6) is 0 Å². The van der Waals surface area contributed by atoms with Gasteiger partial charge in [-0.1, -0.05) is 12.1 Å². The van der Waals surface area contributed by atoms with Crippen molar-refractivity contribution < 1.29 is 9.90 Å². The minimum absolute atomic E-state index is 0.260. The van der Waals surface area contributed by atoms with E-state index in [2.05, 4.69) is 17.2 Å². The van der Waals surface area contributed by atoms with Crippen molar-refractivity contribution >= 4 is 16.9 Å². The summed E-state index contributed by atoms with van der Waals surface area (Å²) in [5.74, 6) is -1.01. The van der Waals surface area contributed by atoms with Crippen LogP contribution in [0.15, 0.2) is 18.2 Å². The normalized spacial score (nSPS) is 12.9. The molecule has 15 heavy (non-hydrogen) atoms. The fraction of sp³-hybridized carbons (Fsp3) is 0.182. The number of aliphatic carboxylic acids is 1. The Kier molecular flexibility index (Phi) is 2.43. The topological polar surface area (TPSA) is 79.1 Å². The molecule has 0 spiro atoms. The first kappa shape index (κ1) is 9.73. The van der Waals surface area contributed by atoms with Crippen LogP contribution < -0.4 is 5.73 Å². The van der Waals surface area contributed by atoms with Gasteiger partial charge in [-0.15, -0.1) is 0 Å². The lowest BCUT2D eigenvalue weighted by Crippen LogP contribution is -2.32. The monoisotopic (exact) mass is 202 g/mol. The molecule has 2 aromatic rings. The lowest BCUT2D eigenvalue weighted by atomic mass is 10.1. The molecule has 4 N–H and O–H groups in total. The Bertz CT molecular complexity index is 490. The molecule has 0 aliphatic carbocycles. The van der Waals surface area contributed by atoms with Gasteiger partial charge in [-0.05, 0) is 17.7 Å². The number of carboxylic acid groups (broad SMARTS) is 1. The van der Waals surface area contributed by atoms with Gasteiger partial charge in [-0.3, -0.25) is 4.79 Å². The zero-order valence-electron chi connectivity index (χ0n) is 7.95. The Morgan fingerprint density at radius 3 is 3.20 bits per heavy atom. The number of hydrogen-bond donors (Lipinski definition) is 3. The summed E-state index contributed by atoms with van der Waals surface area (Å²) in [6.07, 6.45) is 3.16. The van der Waals surface area contributed by atoms with E-state index in [9.17, 15) is 4.79 Å². The molecule has 0 saturated carbocycles. The molecular weight excluding hydrogens is 192 g/mol. The van der Waals surface area contributed by atoms with Crippen molar-refractivity contribution in [3.8, 4) is 0 Å². The Morgan fingerprint density at radius 1 is 1.67 bits per heavy atom. The molecule has 2 rings (SSSR count). The summed E-state index contributed by atoms with van der Waals surface area (Å²) in [7, 11) is 0. The first-order valence-corrected chi connectivity index (χ1v) is 4.56. The Balaban J connectivity index is 2.32. The quantitative estimate of drug-likeness (QED) is 0.686. The van der Waals surface area contributed by atoms with Crippen LogP contribution in [0.4, 0.5) is 0 Å². The van der Waals surface area contributed by atoms with E-state index in [0.717, 1.165) is 16.5 Å². The predicted octanol–water partition coefficient (Wildman–Crippen LogP) is 0.723. The summed E-state index contributed by atoms with van der Waals surface area (Å²) in [6.45, 7) is 0. The molecule has 0 bridgehead atoms. The zero-order chi connectivity index (χ0) is 10.8. The maximum atomic E-state index is 10.6. The zero-order valence-corrected chi connectivity index (χ0v) is 7.95. The molecule has 4 nitrogen and oxygen atoms in total. The van der Waals surface area contributed by atoms with Crippen molar-refractivity contribution in [3.63, 3.8) is 0 Å². The highest BCUT2D eigenvalue weighted by atomic mass is 16.4. The van der Waals surface area contributed by atoms with Gasteiger partial charge in [0.05, 0.1) is 6.20 Å². The van der Waals surface area contributed by atoms with Gasteiger partial charge in [0, 0.05) is 17.3 Å². The average molecular weight is 202 g/mol. The van der Waals surface area contributed by atoms with Crippen molar-refractivity contribution in [2.75, 3.05) is 0 Å². The lowest BCUT2D eigenvalue weighted by molar-refractivity contribution is -0.138. The lowest BCUT2D eigenvalue weighted by Gasteiger charge is -2.03. The first-order valence-electron chi connectivity index (χ1n) is 4.56. The van der Waals surface area contributed by atoms with Crippen molar-refractivity contribution in [1.82, 2.24) is 4.98 Å². The molecule has 0 aliphatic heterocycles. The second-order valence-corrected chi connectivity index (χ2v) is 3.34. The van der Waals surface area contributed by atoms with E-state index in [4.69, 9.17) is 10.8 Å². The number of benzene rings is 1. The molecule has 1 atom stereocenters. The molecule has 2 radical (unpaired) electrons. The van der Waals surface area contributed by atoms with Crippen LogP contribution >= 0.6 is 0 Å². The minimum atomic E-state index is -1.01. The largest absolute Gasteiger partial charge is 0.480 e. The summed E-state index contributed by atoms with van der Waals surface area (Å²) < 4.78 is 0. The van der Waals surface area contributed by atoms with E-state index in [1.165, 1.54) is 0 Å². The number of aromatic amines is 1. The molecule has 1 aromatic carbocycles. The number of carbonyl (C=O) groups is 1. The van der Waals surface area contributed by atoms with Gasteiger partial charge in [0.15, 0.2) is 0 Å². The molecule has 1 heterocycles. The van der Waals surface area contributed by atoms with Crippen LogP contribution in [0, 0.1) is 12.3 Å².